The first kappa shape index (κ1) is 15.0. The van der Waals surface area contributed by atoms with Gasteiger partial charge in [-0.1, -0.05) is 46.0 Å². The average molecular weight is 241 g/mol. The first-order chi connectivity index (χ1) is 8.13. The largest absolute Gasteiger partial charge is 0.392 e. The van der Waals surface area contributed by atoms with Gasteiger partial charge in [-0.15, -0.1) is 0 Å². The Hall–Kier alpha value is -0.0800. The first-order valence-corrected chi connectivity index (χ1v) is 7.48. The molecular formula is C15H31NO. The second-order valence-corrected chi connectivity index (χ2v) is 6.17. The number of aliphatic hydroxyl groups is 1. The standard InChI is InChI=1S/C15H31NO/c1-12(2)9-10-15(17)14(16-3)11-13-7-5-4-6-8-13/h12-17H,4-11H2,1-3H3. The molecule has 1 aliphatic rings. The Morgan fingerprint density at radius 3 is 2.29 bits per heavy atom. The summed E-state index contributed by atoms with van der Waals surface area (Å²) in [5, 5.41) is 13.5. The Labute approximate surface area is 107 Å². The summed E-state index contributed by atoms with van der Waals surface area (Å²) in [5.74, 6) is 1.53. The van der Waals surface area contributed by atoms with Crippen molar-refractivity contribution in [1.82, 2.24) is 5.32 Å². The molecule has 0 amide bonds. The maximum absolute atomic E-state index is 10.2. The lowest BCUT2D eigenvalue weighted by molar-refractivity contribution is 0.0987. The maximum Gasteiger partial charge on any atom is 0.0693 e. The molecule has 2 heteroatoms. The van der Waals surface area contributed by atoms with Crippen LogP contribution in [-0.2, 0) is 0 Å². The van der Waals surface area contributed by atoms with E-state index in [1.54, 1.807) is 0 Å². The van der Waals surface area contributed by atoms with E-state index in [0.717, 1.165) is 25.2 Å². The smallest absolute Gasteiger partial charge is 0.0693 e. The quantitative estimate of drug-likeness (QED) is 0.716. The van der Waals surface area contributed by atoms with Crippen molar-refractivity contribution in [2.45, 2.75) is 77.4 Å². The van der Waals surface area contributed by atoms with Crippen LogP contribution in [0.1, 0.15) is 65.2 Å². The van der Waals surface area contributed by atoms with E-state index in [1.807, 2.05) is 7.05 Å². The highest BCUT2D eigenvalue weighted by atomic mass is 16.3. The normalized spacial score (nSPS) is 21.7. The van der Waals surface area contributed by atoms with E-state index in [2.05, 4.69) is 19.2 Å². The number of rotatable bonds is 7. The van der Waals surface area contributed by atoms with Crippen molar-refractivity contribution in [2.24, 2.45) is 11.8 Å². The zero-order valence-corrected chi connectivity index (χ0v) is 11.9. The van der Waals surface area contributed by atoms with Crippen molar-refractivity contribution in [2.75, 3.05) is 7.05 Å². The Morgan fingerprint density at radius 2 is 1.76 bits per heavy atom. The minimum Gasteiger partial charge on any atom is -0.392 e. The van der Waals surface area contributed by atoms with Crippen molar-refractivity contribution < 1.29 is 5.11 Å². The molecule has 1 saturated carbocycles. The lowest BCUT2D eigenvalue weighted by Gasteiger charge is -2.29. The Morgan fingerprint density at radius 1 is 1.12 bits per heavy atom. The third-order valence-electron chi connectivity index (χ3n) is 4.19. The van der Waals surface area contributed by atoms with Crippen LogP contribution in [0.3, 0.4) is 0 Å². The van der Waals surface area contributed by atoms with E-state index in [4.69, 9.17) is 0 Å². The van der Waals surface area contributed by atoms with Crippen LogP contribution in [0.2, 0.25) is 0 Å². The van der Waals surface area contributed by atoms with E-state index in [9.17, 15) is 5.11 Å². The molecule has 1 rings (SSSR count). The number of likely N-dealkylation sites (N-methyl/N-ethyl adjacent to an activating group) is 1. The molecule has 0 aliphatic heterocycles. The molecule has 0 saturated heterocycles. The highest BCUT2D eigenvalue weighted by molar-refractivity contribution is 4.79. The fraction of sp³-hybridized carbons (Fsp3) is 1.00. The lowest BCUT2D eigenvalue weighted by atomic mass is 9.83. The minimum absolute atomic E-state index is 0.163. The zero-order chi connectivity index (χ0) is 12.7. The summed E-state index contributed by atoms with van der Waals surface area (Å²) >= 11 is 0. The van der Waals surface area contributed by atoms with Crippen LogP contribution in [0.4, 0.5) is 0 Å². The SMILES string of the molecule is CNC(CC1CCCCC1)C(O)CCC(C)C. The van der Waals surface area contributed by atoms with Crippen molar-refractivity contribution in [1.29, 1.82) is 0 Å². The molecule has 1 aliphatic carbocycles. The molecule has 1 fully saturated rings. The van der Waals surface area contributed by atoms with Crippen molar-refractivity contribution in [3.63, 3.8) is 0 Å². The molecular weight excluding hydrogens is 210 g/mol. The van der Waals surface area contributed by atoms with Crippen molar-refractivity contribution in [3.05, 3.63) is 0 Å². The molecule has 0 aromatic heterocycles. The Kier molecular flexibility index (Phi) is 7.14. The molecule has 17 heavy (non-hydrogen) atoms. The molecule has 0 bridgehead atoms. The van der Waals surface area contributed by atoms with Gasteiger partial charge in [0.25, 0.3) is 0 Å². The molecule has 2 N–H and O–H groups in total. The van der Waals surface area contributed by atoms with Gasteiger partial charge in [-0.2, -0.15) is 0 Å². The lowest BCUT2D eigenvalue weighted by Crippen LogP contribution is -2.39. The monoisotopic (exact) mass is 241 g/mol. The van der Waals surface area contributed by atoms with E-state index < -0.39 is 0 Å². The molecule has 102 valence electrons. The van der Waals surface area contributed by atoms with Crippen LogP contribution < -0.4 is 5.32 Å². The average Bonchev–Trinajstić information content (AvgIpc) is 2.34. The second kappa shape index (κ2) is 8.10. The Balaban J connectivity index is 2.29. The van der Waals surface area contributed by atoms with Gasteiger partial charge in [-0.25, -0.2) is 0 Å². The molecule has 2 atom stereocenters. The molecule has 0 aromatic rings. The minimum atomic E-state index is -0.163. The number of nitrogens with one attached hydrogen (secondary N) is 1. The predicted molar refractivity (Wildman–Crippen MR) is 74.1 cm³/mol. The molecule has 0 heterocycles. The third-order valence-corrected chi connectivity index (χ3v) is 4.19. The third kappa shape index (κ3) is 5.87. The molecule has 0 spiro atoms. The van der Waals surface area contributed by atoms with Crippen LogP contribution in [0.15, 0.2) is 0 Å². The number of hydrogen-bond acceptors (Lipinski definition) is 2. The van der Waals surface area contributed by atoms with Gasteiger partial charge in [0.2, 0.25) is 0 Å². The summed E-state index contributed by atoms with van der Waals surface area (Å²) in [5.41, 5.74) is 0. The predicted octanol–water partition coefficient (Wildman–Crippen LogP) is 3.34. The van der Waals surface area contributed by atoms with Gasteiger partial charge in [-0.05, 0) is 38.1 Å². The van der Waals surface area contributed by atoms with Crippen molar-refractivity contribution >= 4 is 0 Å². The topological polar surface area (TPSA) is 32.3 Å². The fourth-order valence-electron chi connectivity index (χ4n) is 2.95. The van der Waals surface area contributed by atoms with Gasteiger partial charge in [-0.3, -0.25) is 0 Å². The molecule has 0 aromatic carbocycles. The van der Waals surface area contributed by atoms with Gasteiger partial charge in [0.1, 0.15) is 0 Å². The highest BCUT2D eigenvalue weighted by Crippen LogP contribution is 2.28. The highest BCUT2D eigenvalue weighted by Gasteiger charge is 2.23. The molecule has 2 unspecified atom stereocenters. The summed E-state index contributed by atoms with van der Waals surface area (Å²) in [4.78, 5) is 0. The van der Waals surface area contributed by atoms with Gasteiger partial charge >= 0.3 is 0 Å². The van der Waals surface area contributed by atoms with Crippen LogP contribution in [-0.4, -0.2) is 24.3 Å². The summed E-state index contributed by atoms with van der Waals surface area (Å²) in [6, 6.07) is 0.303. The van der Waals surface area contributed by atoms with Gasteiger partial charge in [0.15, 0.2) is 0 Å². The summed E-state index contributed by atoms with van der Waals surface area (Å²) in [6.07, 6.45) is 10.0. The van der Waals surface area contributed by atoms with E-state index in [-0.39, 0.29) is 6.10 Å². The van der Waals surface area contributed by atoms with Crippen molar-refractivity contribution in [3.8, 4) is 0 Å². The van der Waals surface area contributed by atoms with Crippen LogP contribution in [0.25, 0.3) is 0 Å². The Bertz CT molecular complexity index is 187. The van der Waals surface area contributed by atoms with Gasteiger partial charge in [0.05, 0.1) is 6.10 Å². The zero-order valence-electron chi connectivity index (χ0n) is 11.9. The number of aliphatic hydroxyl groups excluding tert-OH is 1. The van der Waals surface area contributed by atoms with Gasteiger partial charge in [0, 0.05) is 6.04 Å². The van der Waals surface area contributed by atoms with E-state index in [1.165, 1.54) is 32.1 Å². The maximum atomic E-state index is 10.2. The summed E-state index contributed by atoms with van der Waals surface area (Å²) < 4.78 is 0. The summed E-state index contributed by atoms with van der Waals surface area (Å²) in [6.45, 7) is 4.45. The molecule has 0 radical (unpaired) electrons. The van der Waals surface area contributed by atoms with E-state index >= 15 is 0 Å². The van der Waals surface area contributed by atoms with Gasteiger partial charge < -0.3 is 10.4 Å². The van der Waals surface area contributed by atoms with E-state index in [0.29, 0.717) is 12.0 Å². The van der Waals surface area contributed by atoms with Crippen LogP contribution >= 0.6 is 0 Å². The van der Waals surface area contributed by atoms with Crippen LogP contribution in [0, 0.1) is 11.8 Å². The number of hydrogen-bond donors (Lipinski definition) is 2. The fourth-order valence-corrected chi connectivity index (χ4v) is 2.95. The summed E-state index contributed by atoms with van der Waals surface area (Å²) in [7, 11) is 1.99. The van der Waals surface area contributed by atoms with Crippen LogP contribution in [0.5, 0.6) is 0 Å². The second-order valence-electron chi connectivity index (χ2n) is 6.17. The first-order valence-electron chi connectivity index (χ1n) is 7.48. The molecule has 2 nitrogen and oxygen atoms in total.